The quantitative estimate of drug-likeness (QED) is 0.531. The zero-order valence-electron chi connectivity index (χ0n) is 18.5. The molecule has 2 fully saturated rings. The molecule has 2 aliphatic heterocycles. The smallest absolute Gasteiger partial charge is 0.256 e. The highest BCUT2D eigenvalue weighted by Crippen LogP contribution is 2.30. The average Bonchev–Trinajstić information content (AvgIpc) is 3.52. The molecule has 7 nitrogen and oxygen atoms in total. The van der Waals surface area contributed by atoms with Gasteiger partial charge in [-0.15, -0.1) is 0 Å². The van der Waals surface area contributed by atoms with Gasteiger partial charge in [-0.2, -0.15) is 0 Å². The fourth-order valence-electron chi connectivity index (χ4n) is 4.97. The van der Waals surface area contributed by atoms with Gasteiger partial charge in [0.05, 0.1) is 12.2 Å². The van der Waals surface area contributed by atoms with Crippen LogP contribution in [0.2, 0.25) is 0 Å². The summed E-state index contributed by atoms with van der Waals surface area (Å²) in [6.45, 7) is 5.88. The first-order valence-electron chi connectivity index (χ1n) is 11.8. The molecule has 4 heterocycles. The van der Waals surface area contributed by atoms with Gasteiger partial charge in [0.15, 0.2) is 0 Å². The standard InChI is InChI=1S/C25H31N5O2/c31-25(21-17-26-19-27-18-21)29-12-7-22(8-13-29)30-14-6-20-16-23(4-5-24(20)30)32-15-3-11-28-9-1-2-10-28/h4-6,14,16-19,22H,1-3,7-13,15H2. The Bertz CT molecular complexity index is 1040. The number of hydrogen-bond donors (Lipinski definition) is 0. The number of piperidine rings is 1. The number of nitrogens with zero attached hydrogens (tertiary/aromatic N) is 5. The van der Waals surface area contributed by atoms with Gasteiger partial charge in [-0.3, -0.25) is 4.79 Å². The van der Waals surface area contributed by atoms with E-state index in [1.54, 1.807) is 12.4 Å². The van der Waals surface area contributed by atoms with E-state index in [0.717, 1.165) is 51.3 Å². The second-order valence-electron chi connectivity index (χ2n) is 8.84. The van der Waals surface area contributed by atoms with Gasteiger partial charge in [-0.1, -0.05) is 0 Å². The molecule has 32 heavy (non-hydrogen) atoms. The third-order valence-electron chi connectivity index (χ3n) is 6.73. The summed E-state index contributed by atoms with van der Waals surface area (Å²) >= 11 is 0. The summed E-state index contributed by atoms with van der Waals surface area (Å²) in [7, 11) is 0. The SMILES string of the molecule is O=C(c1cncnc1)N1CCC(n2ccc3cc(OCCCN4CCCC4)ccc32)CC1. The molecular formula is C25H31N5O2. The predicted octanol–water partition coefficient (Wildman–Crippen LogP) is 3.77. The van der Waals surface area contributed by atoms with E-state index < -0.39 is 0 Å². The number of carbonyl (C=O) groups is 1. The van der Waals surface area contributed by atoms with Crippen LogP contribution < -0.4 is 4.74 Å². The molecule has 1 aromatic carbocycles. The molecule has 2 aromatic heterocycles. The molecule has 0 radical (unpaired) electrons. The fourth-order valence-corrected chi connectivity index (χ4v) is 4.97. The van der Waals surface area contributed by atoms with Gasteiger partial charge >= 0.3 is 0 Å². The maximum Gasteiger partial charge on any atom is 0.256 e. The van der Waals surface area contributed by atoms with Crippen molar-refractivity contribution in [2.45, 2.75) is 38.1 Å². The van der Waals surface area contributed by atoms with Crippen LogP contribution in [0.5, 0.6) is 5.75 Å². The Kier molecular flexibility index (Phi) is 6.34. The normalized spacial score (nSPS) is 17.8. The number of rotatable bonds is 7. The molecule has 3 aromatic rings. The molecule has 7 heteroatoms. The average molecular weight is 434 g/mol. The Balaban J connectivity index is 1.16. The van der Waals surface area contributed by atoms with Gasteiger partial charge in [0.25, 0.3) is 5.91 Å². The Morgan fingerprint density at radius 1 is 1.03 bits per heavy atom. The second kappa shape index (κ2) is 9.69. The van der Waals surface area contributed by atoms with Gasteiger partial charge in [0.2, 0.25) is 0 Å². The molecule has 1 amide bonds. The molecule has 0 N–H and O–H groups in total. The van der Waals surface area contributed by atoms with Crippen LogP contribution in [0.15, 0.2) is 49.2 Å². The maximum atomic E-state index is 12.6. The van der Waals surface area contributed by atoms with E-state index in [1.807, 2.05) is 4.90 Å². The van der Waals surface area contributed by atoms with Crippen molar-refractivity contribution in [2.75, 3.05) is 39.3 Å². The number of benzene rings is 1. The van der Waals surface area contributed by atoms with Gasteiger partial charge in [-0.05, 0) is 69.5 Å². The van der Waals surface area contributed by atoms with Crippen molar-refractivity contribution in [3.8, 4) is 5.75 Å². The Labute approximate surface area is 189 Å². The van der Waals surface area contributed by atoms with Gasteiger partial charge < -0.3 is 19.1 Å². The lowest BCUT2D eigenvalue weighted by atomic mass is 10.0. The predicted molar refractivity (Wildman–Crippen MR) is 124 cm³/mol. The number of amides is 1. The number of likely N-dealkylation sites (tertiary alicyclic amines) is 2. The van der Waals surface area contributed by atoms with E-state index >= 15 is 0 Å². The number of carbonyl (C=O) groups excluding carboxylic acids is 1. The van der Waals surface area contributed by atoms with E-state index in [0.29, 0.717) is 11.6 Å². The van der Waals surface area contributed by atoms with Crippen molar-refractivity contribution >= 4 is 16.8 Å². The minimum absolute atomic E-state index is 0.0212. The van der Waals surface area contributed by atoms with Crippen LogP contribution in [-0.2, 0) is 0 Å². The van der Waals surface area contributed by atoms with E-state index in [4.69, 9.17) is 4.74 Å². The molecule has 0 bridgehead atoms. The number of aromatic nitrogens is 3. The molecule has 168 valence electrons. The topological polar surface area (TPSA) is 63.5 Å². The minimum Gasteiger partial charge on any atom is -0.494 e. The zero-order chi connectivity index (χ0) is 21.8. The molecule has 0 aliphatic carbocycles. The first-order chi connectivity index (χ1) is 15.8. The van der Waals surface area contributed by atoms with Crippen LogP contribution in [0.1, 0.15) is 48.5 Å². The molecule has 5 rings (SSSR count). The highest BCUT2D eigenvalue weighted by molar-refractivity contribution is 5.93. The van der Waals surface area contributed by atoms with Gasteiger partial charge in [-0.25, -0.2) is 9.97 Å². The Morgan fingerprint density at radius 2 is 1.81 bits per heavy atom. The molecule has 0 unspecified atom stereocenters. The highest BCUT2D eigenvalue weighted by atomic mass is 16.5. The molecular weight excluding hydrogens is 402 g/mol. The minimum atomic E-state index is 0.0212. The third kappa shape index (κ3) is 4.63. The number of hydrogen-bond acceptors (Lipinski definition) is 5. The lowest BCUT2D eigenvalue weighted by molar-refractivity contribution is 0.0695. The van der Waals surface area contributed by atoms with Crippen molar-refractivity contribution in [1.82, 2.24) is 24.3 Å². The van der Waals surface area contributed by atoms with Crippen LogP contribution in [0.25, 0.3) is 10.9 Å². The second-order valence-corrected chi connectivity index (χ2v) is 8.84. The molecule has 0 saturated carbocycles. The third-order valence-corrected chi connectivity index (χ3v) is 6.73. The maximum absolute atomic E-state index is 12.6. The first-order valence-corrected chi connectivity index (χ1v) is 11.8. The summed E-state index contributed by atoms with van der Waals surface area (Å²) in [4.78, 5) is 25.0. The van der Waals surface area contributed by atoms with Crippen molar-refractivity contribution in [2.24, 2.45) is 0 Å². The number of fused-ring (bicyclic) bond motifs is 1. The summed E-state index contributed by atoms with van der Waals surface area (Å²) in [6, 6.07) is 8.98. The summed E-state index contributed by atoms with van der Waals surface area (Å²) in [5.74, 6) is 0.968. The van der Waals surface area contributed by atoms with E-state index in [9.17, 15) is 4.79 Å². The first kappa shape index (κ1) is 20.9. The van der Waals surface area contributed by atoms with Crippen LogP contribution in [0.4, 0.5) is 0 Å². The molecule has 2 aliphatic rings. The summed E-state index contributed by atoms with van der Waals surface area (Å²) in [6.07, 6.45) is 12.4. The molecule has 0 spiro atoms. The summed E-state index contributed by atoms with van der Waals surface area (Å²) in [5, 5.41) is 1.21. The van der Waals surface area contributed by atoms with Crippen molar-refractivity contribution in [1.29, 1.82) is 0 Å². The Morgan fingerprint density at radius 3 is 2.59 bits per heavy atom. The van der Waals surface area contributed by atoms with Gasteiger partial charge in [0.1, 0.15) is 12.1 Å². The van der Waals surface area contributed by atoms with Gasteiger partial charge in [0, 0.05) is 55.2 Å². The largest absolute Gasteiger partial charge is 0.494 e. The number of ether oxygens (including phenoxy) is 1. The van der Waals surface area contributed by atoms with Crippen LogP contribution in [-0.4, -0.2) is 69.6 Å². The molecule has 0 atom stereocenters. The lowest BCUT2D eigenvalue weighted by Crippen LogP contribution is -2.39. The molecule has 2 saturated heterocycles. The zero-order valence-corrected chi connectivity index (χ0v) is 18.5. The van der Waals surface area contributed by atoms with E-state index in [2.05, 4.69) is 49.9 Å². The van der Waals surface area contributed by atoms with E-state index in [-0.39, 0.29) is 5.91 Å². The van der Waals surface area contributed by atoms with Crippen LogP contribution in [0.3, 0.4) is 0 Å². The summed E-state index contributed by atoms with van der Waals surface area (Å²) < 4.78 is 8.38. The van der Waals surface area contributed by atoms with E-state index in [1.165, 1.54) is 43.2 Å². The van der Waals surface area contributed by atoms with Crippen molar-refractivity contribution in [3.05, 3.63) is 54.7 Å². The fraction of sp³-hybridized carbons (Fsp3) is 0.480. The van der Waals surface area contributed by atoms with Crippen LogP contribution >= 0.6 is 0 Å². The summed E-state index contributed by atoms with van der Waals surface area (Å²) in [5.41, 5.74) is 1.79. The van der Waals surface area contributed by atoms with Crippen molar-refractivity contribution in [3.63, 3.8) is 0 Å². The lowest BCUT2D eigenvalue weighted by Gasteiger charge is -2.33. The Hall–Kier alpha value is -2.93. The highest BCUT2D eigenvalue weighted by Gasteiger charge is 2.25. The van der Waals surface area contributed by atoms with Crippen LogP contribution in [0, 0.1) is 0 Å². The monoisotopic (exact) mass is 433 g/mol. The van der Waals surface area contributed by atoms with Crippen molar-refractivity contribution < 1.29 is 9.53 Å².